The molecule has 0 atom stereocenters. The zero-order valence-electron chi connectivity index (χ0n) is 12.7. The molecule has 1 aromatic heterocycles. The molecule has 1 aromatic carbocycles. The van der Waals surface area contributed by atoms with Gasteiger partial charge in [0.15, 0.2) is 5.69 Å². The van der Waals surface area contributed by atoms with Crippen LogP contribution in [-0.2, 0) is 6.18 Å². The number of ether oxygens (including phenoxy) is 1. The average Bonchev–Trinajstić information content (AvgIpc) is 2.53. The Labute approximate surface area is 136 Å². The zero-order chi connectivity index (χ0) is 17.6. The fourth-order valence-corrected chi connectivity index (χ4v) is 1.70. The quantitative estimate of drug-likeness (QED) is 0.867. The maximum Gasteiger partial charge on any atom is 0.433 e. The first-order valence-electron chi connectivity index (χ1n) is 7.11. The fraction of sp³-hybridized carbons (Fsp3) is 0.267. The molecule has 0 aliphatic heterocycles. The number of hydrogen-bond donors (Lipinski definition) is 2. The van der Waals surface area contributed by atoms with Gasteiger partial charge in [0.2, 0.25) is 0 Å². The minimum atomic E-state index is -4.58. The Morgan fingerprint density at radius 3 is 2.79 bits per heavy atom. The van der Waals surface area contributed by atoms with Crippen molar-refractivity contribution >= 4 is 11.7 Å². The van der Waals surface area contributed by atoms with Crippen molar-refractivity contribution in [3.05, 3.63) is 42.2 Å². The summed E-state index contributed by atoms with van der Waals surface area (Å²) in [6.45, 7) is 2.45. The summed E-state index contributed by atoms with van der Waals surface area (Å²) in [5.74, 6) is 0.197. The Morgan fingerprint density at radius 2 is 2.08 bits per heavy atom. The lowest BCUT2D eigenvalue weighted by Crippen LogP contribution is -2.29. The minimum absolute atomic E-state index is 0.197. The molecule has 2 aromatic rings. The van der Waals surface area contributed by atoms with Crippen LogP contribution in [0.3, 0.4) is 0 Å². The number of alkyl halides is 3. The molecule has 2 N–H and O–H groups in total. The number of carbonyl (C=O) groups excluding carboxylic acids is 1. The predicted octanol–water partition coefficient (Wildman–Crippen LogP) is 3.82. The third kappa shape index (κ3) is 5.11. The van der Waals surface area contributed by atoms with Crippen LogP contribution in [0.25, 0.3) is 0 Å². The fourth-order valence-electron chi connectivity index (χ4n) is 1.70. The number of carbonyl (C=O) groups is 1. The smallest absolute Gasteiger partial charge is 0.424 e. The minimum Gasteiger partial charge on any atom is -0.424 e. The van der Waals surface area contributed by atoms with Crippen molar-refractivity contribution in [1.82, 2.24) is 15.3 Å². The van der Waals surface area contributed by atoms with Gasteiger partial charge in [0.25, 0.3) is 0 Å². The van der Waals surface area contributed by atoms with E-state index in [1.54, 1.807) is 12.1 Å². The highest BCUT2D eigenvalue weighted by atomic mass is 19.4. The van der Waals surface area contributed by atoms with E-state index in [2.05, 4.69) is 20.6 Å². The van der Waals surface area contributed by atoms with E-state index in [1.165, 1.54) is 12.1 Å². The number of benzene rings is 1. The van der Waals surface area contributed by atoms with Crippen molar-refractivity contribution < 1.29 is 22.7 Å². The first-order valence-corrected chi connectivity index (χ1v) is 7.11. The van der Waals surface area contributed by atoms with Gasteiger partial charge in [0, 0.05) is 24.5 Å². The van der Waals surface area contributed by atoms with Gasteiger partial charge < -0.3 is 15.4 Å². The van der Waals surface area contributed by atoms with Crippen LogP contribution in [0.2, 0.25) is 0 Å². The summed E-state index contributed by atoms with van der Waals surface area (Å²) in [5.41, 5.74) is -0.672. The lowest BCUT2D eigenvalue weighted by Gasteiger charge is -2.10. The maximum absolute atomic E-state index is 12.6. The standard InChI is InChI=1S/C15H15F3N4O2/c1-2-7-19-13(23)21-10-4-3-5-11(9-10)24-14-20-8-6-12(22-14)15(16,17)18/h3-6,8-9H,2,7H2,1H3,(H2,19,21,23). The van der Waals surface area contributed by atoms with Gasteiger partial charge in [0.05, 0.1) is 0 Å². The molecule has 1 heterocycles. The van der Waals surface area contributed by atoms with Crippen LogP contribution >= 0.6 is 0 Å². The molecule has 0 bridgehead atoms. The van der Waals surface area contributed by atoms with E-state index >= 15 is 0 Å². The van der Waals surface area contributed by atoms with Gasteiger partial charge in [-0.2, -0.15) is 18.2 Å². The summed E-state index contributed by atoms with van der Waals surface area (Å²) in [5, 5.41) is 5.22. The van der Waals surface area contributed by atoms with Gasteiger partial charge in [-0.05, 0) is 24.6 Å². The van der Waals surface area contributed by atoms with E-state index in [0.29, 0.717) is 12.2 Å². The van der Waals surface area contributed by atoms with E-state index < -0.39 is 17.9 Å². The van der Waals surface area contributed by atoms with E-state index in [1.807, 2.05) is 6.92 Å². The Kier molecular flexibility index (Phi) is 5.56. The van der Waals surface area contributed by atoms with Crippen LogP contribution in [-0.4, -0.2) is 22.5 Å². The first kappa shape index (κ1) is 17.5. The molecule has 0 radical (unpaired) electrons. The van der Waals surface area contributed by atoms with E-state index in [9.17, 15) is 18.0 Å². The largest absolute Gasteiger partial charge is 0.433 e. The summed E-state index contributed by atoms with van der Waals surface area (Å²) in [6.07, 6.45) is -2.82. The molecule has 128 valence electrons. The third-order valence-electron chi connectivity index (χ3n) is 2.76. The van der Waals surface area contributed by atoms with Crippen molar-refractivity contribution in [3.63, 3.8) is 0 Å². The molecule has 0 fully saturated rings. The highest BCUT2D eigenvalue weighted by Gasteiger charge is 2.33. The van der Waals surface area contributed by atoms with Gasteiger partial charge in [-0.25, -0.2) is 9.78 Å². The molecule has 0 aliphatic carbocycles. The Balaban J connectivity index is 2.08. The van der Waals surface area contributed by atoms with E-state index in [4.69, 9.17) is 4.74 Å². The van der Waals surface area contributed by atoms with Crippen LogP contribution in [0, 0.1) is 0 Å². The number of nitrogens with zero attached hydrogens (tertiary/aromatic N) is 2. The highest BCUT2D eigenvalue weighted by molar-refractivity contribution is 5.89. The number of amides is 2. The van der Waals surface area contributed by atoms with Crippen LogP contribution < -0.4 is 15.4 Å². The van der Waals surface area contributed by atoms with Crippen LogP contribution in [0.15, 0.2) is 36.5 Å². The Morgan fingerprint density at radius 1 is 1.29 bits per heavy atom. The van der Waals surface area contributed by atoms with Gasteiger partial charge in [-0.1, -0.05) is 13.0 Å². The molecule has 0 unspecified atom stereocenters. The maximum atomic E-state index is 12.6. The summed E-state index contributed by atoms with van der Waals surface area (Å²) in [4.78, 5) is 18.5. The summed E-state index contributed by atoms with van der Waals surface area (Å²) in [7, 11) is 0. The number of rotatable bonds is 5. The van der Waals surface area contributed by atoms with Gasteiger partial charge in [-0.3, -0.25) is 0 Å². The second kappa shape index (κ2) is 7.62. The molecule has 0 saturated heterocycles. The molecule has 9 heteroatoms. The molecule has 0 aliphatic rings. The summed E-state index contributed by atoms with van der Waals surface area (Å²) < 4.78 is 43.1. The average molecular weight is 340 g/mol. The molecular weight excluding hydrogens is 325 g/mol. The molecule has 2 amide bonds. The first-order chi connectivity index (χ1) is 11.4. The topological polar surface area (TPSA) is 76.1 Å². The zero-order valence-corrected chi connectivity index (χ0v) is 12.7. The third-order valence-corrected chi connectivity index (χ3v) is 2.76. The Hall–Kier alpha value is -2.84. The molecule has 6 nitrogen and oxygen atoms in total. The molecule has 0 saturated carbocycles. The lowest BCUT2D eigenvalue weighted by atomic mass is 10.3. The second-order valence-electron chi connectivity index (χ2n) is 4.73. The number of anilines is 1. The number of halogens is 3. The molecule has 2 rings (SSSR count). The Bertz CT molecular complexity index is 707. The van der Waals surface area contributed by atoms with Crippen molar-refractivity contribution in [2.45, 2.75) is 19.5 Å². The van der Waals surface area contributed by atoms with Crippen LogP contribution in [0.1, 0.15) is 19.0 Å². The number of urea groups is 1. The lowest BCUT2D eigenvalue weighted by molar-refractivity contribution is -0.141. The van der Waals surface area contributed by atoms with Crippen molar-refractivity contribution in [3.8, 4) is 11.8 Å². The normalized spacial score (nSPS) is 11.0. The van der Waals surface area contributed by atoms with Crippen LogP contribution in [0.5, 0.6) is 11.8 Å². The van der Waals surface area contributed by atoms with Gasteiger partial charge in [-0.15, -0.1) is 0 Å². The van der Waals surface area contributed by atoms with Gasteiger partial charge >= 0.3 is 18.2 Å². The van der Waals surface area contributed by atoms with Crippen LogP contribution in [0.4, 0.5) is 23.7 Å². The second-order valence-corrected chi connectivity index (χ2v) is 4.73. The SMILES string of the molecule is CCCNC(=O)Nc1cccc(Oc2nccc(C(F)(F)F)n2)c1. The number of aromatic nitrogens is 2. The molecule has 0 spiro atoms. The summed E-state index contributed by atoms with van der Waals surface area (Å²) >= 11 is 0. The van der Waals surface area contributed by atoms with Crippen molar-refractivity contribution in [1.29, 1.82) is 0 Å². The predicted molar refractivity (Wildman–Crippen MR) is 80.9 cm³/mol. The van der Waals surface area contributed by atoms with Gasteiger partial charge in [0.1, 0.15) is 5.75 Å². The number of nitrogens with one attached hydrogen (secondary N) is 2. The van der Waals surface area contributed by atoms with Crippen molar-refractivity contribution in [2.75, 3.05) is 11.9 Å². The molecule has 24 heavy (non-hydrogen) atoms. The van der Waals surface area contributed by atoms with E-state index in [-0.39, 0.29) is 11.8 Å². The van der Waals surface area contributed by atoms with E-state index in [0.717, 1.165) is 18.7 Å². The summed E-state index contributed by atoms with van der Waals surface area (Å²) in [6, 6.07) is 6.10. The molecular formula is C15H15F3N4O2. The monoisotopic (exact) mass is 340 g/mol. The number of hydrogen-bond acceptors (Lipinski definition) is 4. The van der Waals surface area contributed by atoms with Crippen molar-refractivity contribution in [2.24, 2.45) is 0 Å². The highest BCUT2D eigenvalue weighted by Crippen LogP contribution is 2.29.